The minimum absolute atomic E-state index is 0.175. The van der Waals surface area contributed by atoms with E-state index in [9.17, 15) is 9.18 Å². The minimum atomic E-state index is -1.15. The van der Waals surface area contributed by atoms with E-state index >= 15 is 0 Å². The van der Waals surface area contributed by atoms with Gasteiger partial charge in [0.1, 0.15) is 5.67 Å². The Morgan fingerprint density at radius 1 is 1.62 bits per heavy atom. The Morgan fingerprint density at radius 2 is 2.23 bits per heavy atom. The van der Waals surface area contributed by atoms with Crippen molar-refractivity contribution in [3.8, 4) is 0 Å². The van der Waals surface area contributed by atoms with Gasteiger partial charge in [-0.2, -0.15) is 0 Å². The van der Waals surface area contributed by atoms with Crippen molar-refractivity contribution in [1.29, 1.82) is 0 Å². The van der Waals surface area contributed by atoms with E-state index in [0.717, 1.165) is 6.42 Å². The normalized spacial score (nSPS) is 43.8. The first-order valence-electron chi connectivity index (χ1n) is 4.97. The zero-order chi connectivity index (χ0) is 9.64. The van der Waals surface area contributed by atoms with E-state index in [-0.39, 0.29) is 11.8 Å². The molecule has 2 aliphatic rings. The SMILES string of the molecule is C[C@H]1C[C@@H]1C(=O)N1CCC(C)(F)C1. The monoisotopic (exact) mass is 185 g/mol. The molecule has 1 amide bonds. The molecular formula is C10H16FNO. The molecule has 3 heteroatoms. The van der Waals surface area contributed by atoms with Gasteiger partial charge in [0.15, 0.2) is 0 Å². The first-order chi connectivity index (χ1) is 5.99. The highest BCUT2D eigenvalue weighted by atomic mass is 19.1. The average molecular weight is 185 g/mol. The fraction of sp³-hybridized carbons (Fsp3) is 0.900. The molecule has 2 nitrogen and oxygen atoms in total. The molecule has 1 saturated heterocycles. The van der Waals surface area contributed by atoms with E-state index in [0.29, 0.717) is 25.4 Å². The van der Waals surface area contributed by atoms with Crippen LogP contribution >= 0.6 is 0 Å². The maximum Gasteiger partial charge on any atom is 0.226 e. The van der Waals surface area contributed by atoms with Crippen LogP contribution in [0.1, 0.15) is 26.7 Å². The first kappa shape index (κ1) is 8.97. The highest BCUT2D eigenvalue weighted by molar-refractivity contribution is 5.82. The van der Waals surface area contributed by atoms with E-state index in [4.69, 9.17) is 0 Å². The van der Waals surface area contributed by atoms with E-state index in [1.165, 1.54) is 0 Å². The van der Waals surface area contributed by atoms with Crippen molar-refractivity contribution in [2.75, 3.05) is 13.1 Å². The predicted molar refractivity (Wildman–Crippen MR) is 48.0 cm³/mol. The molecular weight excluding hydrogens is 169 g/mol. The molecule has 2 rings (SSSR count). The van der Waals surface area contributed by atoms with Gasteiger partial charge in [0.25, 0.3) is 0 Å². The number of amides is 1. The summed E-state index contributed by atoms with van der Waals surface area (Å²) in [4.78, 5) is 13.4. The second-order valence-corrected chi connectivity index (χ2v) is 4.74. The Bertz CT molecular complexity index is 239. The molecule has 2 fully saturated rings. The second kappa shape index (κ2) is 2.69. The summed E-state index contributed by atoms with van der Waals surface area (Å²) in [6, 6.07) is 0. The number of nitrogens with zero attached hydrogens (tertiary/aromatic N) is 1. The second-order valence-electron chi connectivity index (χ2n) is 4.74. The summed E-state index contributed by atoms with van der Waals surface area (Å²) < 4.78 is 13.4. The van der Waals surface area contributed by atoms with Crippen LogP contribution in [0.25, 0.3) is 0 Å². The fourth-order valence-corrected chi connectivity index (χ4v) is 2.01. The van der Waals surface area contributed by atoms with Gasteiger partial charge >= 0.3 is 0 Å². The van der Waals surface area contributed by atoms with Crippen LogP contribution in [0.3, 0.4) is 0 Å². The first-order valence-corrected chi connectivity index (χ1v) is 4.97. The van der Waals surface area contributed by atoms with Crippen molar-refractivity contribution in [1.82, 2.24) is 4.90 Å². The number of carbonyl (C=O) groups excluding carboxylic acids is 1. The highest BCUT2D eigenvalue weighted by Gasteiger charge is 2.45. The summed E-state index contributed by atoms with van der Waals surface area (Å²) in [7, 11) is 0. The summed E-state index contributed by atoms with van der Waals surface area (Å²) in [6.45, 7) is 4.56. The third-order valence-corrected chi connectivity index (χ3v) is 3.16. The van der Waals surface area contributed by atoms with E-state index in [1.807, 2.05) is 0 Å². The largest absolute Gasteiger partial charge is 0.339 e. The summed E-state index contributed by atoms with van der Waals surface area (Å²) in [5.41, 5.74) is -1.15. The molecule has 74 valence electrons. The van der Waals surface area contributed by atoms with Crippen molar-refractivity contribution >= 4 is 5.91 Å². The molecule has 1 unspecified atom stereocenters. The highest BCUT2D eigenvalue weighted by Crippen LogP contribution is 2.40. The molecule has 1 aliphatic heterocycles. The van der Waals surface area contributed by atoms with Gasteiger partial charge in [-0.15, -0.1) is 0 Å². The third kappa shape index (κ3) is 1.69. The van der Waals surface area contributed by atoms with Crippen LogP contribution in [0.5, 0.6) is 0 Å². The number of alkyl halides is 1. The summed E-state index contributed by atoms with van der Waals surface area (Å²) in [5, 5.41) is 0. The van der Waals surface area contributed by atoms with Gasteiger partial charge in [0.2, 0.25) is 5.91 Å². The van der Waals surface area contributed by atoms with Crippen LogP contribution < -0.4 is 0 Å². The van der Waals surface area contributed by atoms with Crippen molar-refractivity contribution in [3.63, 3.8) is 0 Å². The van der Waals surface area contributed by atoms with Gasteiger partial charge in [-0.05, 0) is 19.3 Å². The molecule has 0 N–H and O–H groups in total. The smallest absolute Gasteiger partial charge is 0.226 e. The molecule has 0 radical (unpaired) electrons. The molecule has 0 aromatic heterocycles. The van der Waals surface area contributed by atoms with E-state index < -0.39 is 5.67 Å². The number of halogens is 1. The summed E-state index contributed by atoms with van der Waals surface area (Å²) in [6.07, 6.45) is 1.50. The molecule has 0 bridgehead atoms. The van der Waals surface area contributed by atoms with Crippen molar-refractivity contribution in [3.05, 3.63) is 0 Å². The number of hydrogen-bond acceptors (Lipinski definition) is 1. The summed E-state index contributed by atoms with van der Waals surface area (Å²) in [5.74, 6) is 0.904. The Labute approximate surface area is 78.1 Å². The Hall–Kier alpha value is -0.600. The number of rotatable bonds is 1. The maximum absolute atomic E-state index is 13.4. The van der Waals surface area contributed by atoms with Crippen LogP contribution in [0.15, 0.2) is 0 Å². The van der Waals surface area contributed by atoms with E-state index in [2.05, 4.69) is 6.92 Å². The molecule has 0 aromatic carbocycles. The van der Waals surface area contributed by atoms with Crippen LogP contribution in [0.4, 0.5) is 4.39 Å². The van der Waals surface area contributed by atoms with Crippen LogP contribution in [-0.2, 0) is 4.79 Å². The van der Waals surface area contributed by atoms with Crippen molar-refractivity contribution < 1.29 is 9.18 Å². The lowest BCUT2D eigenvalue weighted by atomic mass is 10.1. The quantitative estimate of drug-likeness (QED) is 0.607. The molecule has 1 heterocycles. The Kier molecular flexibility index (Phi) is 1.86. The Balaban J connectivity index is 1.93. The zero-order valence-corrected chi connectivity index (χ0v) is 8.22. The standard InChI is InChI=1S/C10H16FNO/c1-7-5-8(7)9(13)12-4-3-10(2,11)6-12/h7-8H,3-6H2,1-2H3/t7-,8-,10?/m0/s1. The van der Waals surface area contributed by atoms with Crippen LogP contribution in [-0.4, -0.2) is 29.6 Å². The number of carbonyl (C=O) groups is 1. The van der Waals surface area contributed by atoms with Gasteiger partial charge in [-0.25, -0.2) is 4.39 Å². The molecule has 1 saturated carbocycles. The molecule has 0 spiro atoms. The predicted octanol–water partition coefficient (Wildman–Crippen LogP) is 1.60. The molecule has 13 heavy (non-hydrogen) atoms. The maximum atomic E-state index is 13.4. The zero-order valence-electron chi connectivity index (χ0n) is 8.22. The van der Waals surface area contributed by atoms with Crippen LogP contribution in [0.2, 0.25) is 0 Å². The van der Waals surface area contributed by atoms with E-state index in [1.54, 1.807) is 11.8 Å². The average Bonchev–Trinajstić information content (AvgIpc) is 2.64. The van der Waals surface area contributed by atoms with Gasteiger partial charge < -0.3 is 4.90 Å². The number of likely N-dealkylation sites (tertiary alicyclic amines) is 1. The third-order valence-electron chi connectivity index (χ3n) is 3.16. The van der Waals surface area contributed by atoms with Gasteiger partial charge in [0.05, 0.1) is 6.54 Å². The molecule has 3 atom stereocenters. The molecule has 1 aliphatic carbocycles. The van der Waals surface area contributed by atoms with Crippen LogP contribution in [0, 0.1) is 11.8 Å². The number of hydrogen-bond donors (Lipinski definition) is 0. The summed E-state index contributed by atoms with van der Waals surface area (Å²) >= 11 is 0. The van der Waals surface area contributed by atoms with Gasteiger partial charge in [-0.1, -0.05) is 6.92 Å². The minimum Gasteiger partial charge on any atom is -0.339 e. The lowest BCUT2D eigenvalue weighted by Crippen LogP contribution is -2.33. The Morgan fingerprint density at radius 3 is 2.62 bits per heavy atom. The fourth-order valence-electron chi connectivity index (χ4n) is 2.01. The van der Waals surface area contributed by atoms with Gasteiger partial charge in [-0.3, -0.25) is 4.79 Å². The van der Waals surface area contributed by atoms with Crippen molar-refractivity contribution in [2.24, 2.45) is 11.8 Å². The topological polar surface area (TPSA) is 20.3 Å². The van der Waals surface area contributed by atoms with Crippen molar-refractivity contribution in [2.45, 2.75) is 32.4 Å². The lowest BCUT2D eigenvalue weighted by Gasteiger charge is -2.17. The van der Waals surface area contributed by atoms with Gasteiger partial charge in [0, 0.05) is 18.9 Å². The molecule has 0 aromatic rings. The lowest BCUT2D eigenvalue weighted by molar-refractivity contribution is -0.132.